The molecule has 1 aromatic heterocycles. The lowest BCUT2D eigenvalue weighted by atomic mass is 9.99. The number of hydrazine groups is 1. The second kappa shape index (κ2) is 5.95. The predicted octanol–water partition coefficient (Wildman–Crippen LogP) is 3.00. The summed E-state index contributed by atoms with van der Waals surface area (Å²) in [6.45, 7) is 1.52. The van der Waals surface area contributed by atoms with Crippen LogP contribution in [0.2, 0.25) is 0 Å². The first-order valence-electron chi connectivity index (χ1n) is 6.06. The third-order valence-corrected chi connectivity index (χ3v) is 3.14. The van der Waals surface area contributed by atoms with Gasteiger partial charge in [0.25, 0.3) is 0 Å². The Morgan fingerprint density at radius 2 is 2.05 bits per heavy atom. The van der Waals surface area contributed by atoms with Gasteiger partial charge in [-0.2, -0.15) is 0 Å². The van der Waals surface area contributed by atoms with Crippen LogP contribution in [0.5, 0.6) is 0 Å². The van der Waals surface area contributed by atoms with Crippen molar-refractivity contribution in [1.82, 2.24) is 5.43 Å². The molecule has 5 heteroatoms. The number of nitrogens with one attached hydrogen (secondary N) is 1. The average Bonchev–Trinajstić information content (AvgIpc) is 2.92. The number of rotatable bonds is 5. The van der Waals surface area contributed by atoms with Crippen LogP contribution in [0.25, 0.3) is 0 Å². The summed E-state index contributed by atoms with van der Waals surface area (Å²) < 4.78 is 32.6. The van der Waals surface area contributed by atoms with Crippen molar-refractivity contribution >= 4 is 0 Å². The molecule has 2 rings (SSSR count). The summed E-state index contributed by atoms with van der Waals surface area (Å²) in [5.74, 6) is 4.55. The van der Waals surface area contributed by atoms with Crippen LogP contribution in [0.15, 0.2) is 34.9 Å². The van der Waals surface area contributed by atoms with E-state index in [2.05, 4.69) is 5.43 Å². The molecule has 19 heavy (non-hydrogen) atoms. The largest absolute Gasteiger partial charge is 0.469 e. The van der Waals surface area contributed by atoms with Gasteiger partial charge in [-0.15, -0.1) is 0 Å². The number of halogens is 2. The molecule has 102 valence electrons. The fourth-order valence-electron chi connectivity index (χ4n) is 2.00. The molecule has 0 aliphatic rings. The lowest BCUT2D eigenvalue weighted by Gasteiger charge is -2.17. The normalized spacial score (nSPS) is 12.6. The molecule has 0 radical (unpaired) electrons. The Bertz CT molecular complexity index is 541. The van der Waals surface area contributed by atoms with E-state index in [-0.39, 0.29) is 11.1 Å². The molecule has 0 amide bonds. The molecule has 0 aliphatic carbocycles. The molecule has 1 aromatic carbocycles. The summed E-state index contributed by atoms with van der Waals surface area (Å²) in [5.41, 5.74) is 3.03. The molecule has 3 N–H and O–H groups in total. The van der Waals surface area contributed by atoms with Gasteiger partial charge in [-0.05, 0) is 31.0 Å². The van der Waals surface area contributed by atoms with Gasteiger partial charge in [0, 0.05) is 18.0 Å². The lowest BCUT2D eigenvalue weighted by Crippen LogP contribution is -2.29. The van der Waals surface area contributed by atoms with Gasteiger partial charge in [0.05, 0.1) is 6.26 Å². The number of hydrogen-bond donors (Lipinski definition) is 2. The molecule has 0 fully saturated rings. The van der Waals surface area contributed by atoms with Gasteiger partial charge in [0.1, 0.15) is 5.76 Å². The first kappa shape index (κ1) is 13.7. The van der Waals surface area contributed by atoms with E-state index in [0.717, 1.165) is 5.76 Å². The zero-order chi connectivity index (χ0) is 13.8. The maximum Gasteiger partial charge on any atom is 0.163 e. The topological polar surface area (TPSA) is 51.2 Å². The summed E-state index contributed by atoms with van der Waals surface area (Å²) in [7, 11) is 0. The third-order valence-electron chi connectivity index (χ3n) is 3.14. The van der Waals surface area contributed by atoms with Crippen molar-refractivity contribution in [3.8, 4) is 0 Å². The maximum atomic E-state index is 13.9. The summed E-state index contributed by atoms with van der Waals surface area (Å²) in [5, 5.41) is 0. The highest BCUT2D eigenvalue weighted by atomic mass is 19.2. The van der Waals surface area contributed by atoms with E-state index in [1.807, 2.05) is 6.07 Å². The van der Waals surface area contributed by atoms with Gasteiger partial charge in [0.2, 0.25) is 0 Å². The summed E-state index contributed by atoms with van der Waals surface area (Å²) in [6.07, 6.45) is 2.69. The van der Waals surface area contributed by atoms with Gasteiger partial charge in [-0.3, -0.25) is 11.3 Å². The fraction of sp³-hybridized carbons (Fsp3) is 0.286. The van der Waals surface area contributed by atoms with Crippen LogP contribution < -0.4 is 11.3 Å². The Kier molecular flexibility index (Phi) is 4.29. The zero-order valence-electron chi connectivity index (χ0n) is 10.6. The quantitative estimate of drug-likeness (QED) is 0.646. The number of aryl methyl sites for hydroxylation is 2. The van der Waals surface area contributed by atoms with Gasteiger partial charge >= 0.3 is 0 Å². The summed E-state index contributed by atoms with van der Waals surface area (Å²) in [4.78, 5) is 0. The Morgan fingerprint density at radius 3 is 2.68 bits per heavy atom. The van der Waals surface area contributed by atoms with Crippen LogP contribution in [-0.2, 0) is 6.42 Å². The second-order valence-corrected chi connectivity index (χ2v) is 4.44. The first-order valence-corrected chi connectivity index (χ1v) is 6.06. The van der Waals surface area contributed by atoms with Gasteiger partial charge in [-0.25, -0.2) is 8.78 Å². The minimum Gasteiger partial charge on any atom is -0.469 e. The molecule has 0 spiro atoms. The van der Waals surface area contributed by atoms with Crippen molar-refractivity contribution < 1.29 is 13.2 Å². The van der Waals surface area contributed by atoms with Crippen molar-refractivity contribution in [2.24, 2.45) is 5.84 Å². The molecule has 1 unspecified atom stereocenters. The lowest BCUT2D eigenvalue weighted by molar-refractivity contribution is 0.431. The van der Waals surface area contributed by atoms with Gasteiger partial charge in [-0.1, -0.05) is 12.1 Å². The molecule has 0 saturated carbocycles. The fourth-order valence-corrected chi connectivity index (χ4v) is 2.00. The Balaban J connectivity index is 2.15. The van der Waals surface area contributed by atoms with E-state index < -0.39 is 17.7 Å². The highest BCUT2D eigenvalue weighted by Crippen LogP contribution is 2.24. The highest BCUT2D eigenvalue weighted by molar-refractivity contribution is 5.28. The molecule has 1 atom stereocenters. The summed E-state index contributed by atoms with van der Waals surface area (Å²) >= 11 is 0. The van der Waals surface area contributed by atoms with Crippen LogP contribution in [-0.4, -0.2) is 0 Å². The van der Waals surface area contributed by atoms with E-state index in [4.69, 9.17) is 10.3 Å². The molecule has 0 bridgehead atoms. The van der Waals surface area contributed by atoms with Crippen molar-refractivity contribution in [3.63, 3.8) is 0 Å². The first-order chi connectivity index (χ1) is 9.13. The van der Waals surface area contributed by atoms with Gasteiger partial charge in [0.15, 0.2) is 11.6 Å². The number of nitrogens with two attached hydrogens (primary N) is 1. The van der Waals surface area contributed by atoms with Crippen molar-refractivity contribution in [1.29, 1.82) is 0 Å². The third kappa shape index (κ3) is 3.00. The summed E-state index contributed by atoms with van der Waals surface area (Å²) in [6, 6.07) is 6.26. The Labute approximate surface area is 110 Å². The molecule has 3 nitrogen and oxygen atoms in total. The van der Waals surface area contributed by atoms with Gasteiger partial charge < -0.3 is 4.42 Å². The van der Waals surface area contributed by atoms with E-state index >= 15 is 0 Å². The number of hydrogen-bond acceptors (Lipinski definition) is 3. The number of furan rings is 1. The highest BCUT2D eigenvalue weighted by Gasteiger charge is 2.18. The van der Waals surface area contributed by atoms with Crippen LogP contribution in [0.1, 0.15) is 29.3 Å². The standard InChI is InChI=1S/C14H16F2N2O/c1-9-4-6-11(14(16)13(9)15)12(18-17)7-5-10-3-2-8-19-10/h2-4,6,8,12,18H,5,7,17H2,1H3. The van der Waals surface area contributed by atoms with E-state index in [1.165, 1.54) is 6.92 Å². The number of benzene rings is 1. The molecule has 2 aromatic rings. The van der Waals surface area contributed by atoms with Crippen LogP contribution in [0, 0.1) is 18.6 Å². The monoisotopic (exact) mass is 266 g/mol. The molecule has 0 aliphatic heterocycles. The predicted molar refractivity (Wildman–Crippen MR) is 68.2 cm³/mol. The molecular weight excluding hydrogens is 250 g/mol. The zero-order valence-corrected chi connectivity index (χ0v) is 10.6. The minimum atomic E-state index is -0.845. The Hall–Kier alpha value is -1.72. The SMILES string of the molecule is Cc1ccc(C(CCc2ccco2)NN)c(F)c1F. The van der Waals surface area contributed by atoms with Crippen LogP contribution in [0.4, 0.5) is 8.78 Å². The van der Waals surface area contributed by atoms with Crippen LogP contribution >= 0.6 is 0 Å². The Morgan fingerprint density at radius 1 is 1.26 bits per heavy atom. The minimum absolute atomic E-state index is 0.233. The van der Waals surface area contributed by atoms with E-state index in [9.17, 15) is 8.78 Å². The van der Waals surface area contributed by atoms with Crippen molar-refractivity contribution in [3.05, 3.63) is 59.1 Å². The van der Waals surface area contributed by atoms with Crippen LogP contribution in [0.3, 0.4) is 0 Å². The molecular formula is C14H16F2N2O. The van der Waals surface area contributed by atoms with E-state index in [0.29, 0.717) is 12.8 Å². The van der Waals surface area contributed by atoms with E-state index in [1.54, 1.807) is 24.5 Å². The smallest absolute Gasteiger partial charge is 0.163 e. The average molecular weight is 266 g/mol. The second-order valence-electron chi connectivity index (χ2n) is 4.44. The molecule has 1 heterocycles. The van der Waals surface area contributed by atoms with Crippen molar-refractivity contribution in [2.75, 3.05) is 0 Å². The molecule has 0 saturated heterocycles. The maximum absolute atomic E-state index is 13.9. The van der Waals surface area contributed by atoms with Crippen molar-refractivity contribution in [2.45, 2.75) is 25.8 Å².